The van der Waals surface area contributed by atoms with Crippen molar-refractivity contribution in [3.63, 3.8) is 0 Å². The molecule has 1 aromatic rings. The lowest BCUT2D eigenvalue weighted by atomic mass is 10.2. The minimum Gasteiger partial charge on any atom is -0.476 e. The largest absolute Gasteiger partial charge is 0.476 e. The summed E-state index contributed by atoms with van der Waals surface area (Å²) in [4.78, 5) is 28.4. The first-order chi connectivity index (χ1) is 6.20. The summed E-state index contributed by atoms with van der Waals surface area (Å²) in [7, 11) is 0. The molecule has 0 fully saturated rings. The molecule has 1 aromatic heterocycles. The summed E-state index contributed by atoms with van der Waals surface area (Å²) in [6.07, 6.45) is 3.23. The van der Waals surface area contributed by atoms with Crippen LogP contribution in [0.4, 0.5) is 0 Å². The van der Waals surface area contributed by atoms with Gasteiger partial charge in [0.15, 0.2) is 0 Å². The Kier molecular flexibility index (Phi) is 3.08. The molecule has 68 valence electrons. The quantitative estimate of drug-likeness (QED) is 0.663. The number of aryl methyl sites for hydroxylation is 1. The fourth-order valence-corrected chi connectivity index (χ4v) is 0.815. The van der Waals surface area contributed by atoms with Crippen molar-refractivity contribution in [2.45, 2.75) is 12.8 Å². The van der Waals surface area contributed by atoms with E-state index in [0.717, 1.165) is 0 Å². The van der Waals surface area contributed by atoms with Gasteiger partial charge in [0.25, 0.3) is 0 Å². The number of carbonyl (C=O) groups excluding carboxylic acids is 1. The van der Waals surface area contributed by atoms with Gasteiger partial charge in [-0.15, -0.1) is 0 Å². The molecule has 0 aliphatic heterocycles. The van der Waals surface area contributed by atoms with Gasteiger partial charge in [-0.05, 0) is 12.5 Å². The highest BCUT2D eigenvalue weighted by molar-refractivity contribution is 6.32. The van der Waals surface area contributed by atoms with Crippen LogP contribution in [0.2, 0.25) is 0 Å². The molecule has 5 nitrogen and oxygen atoms in total. The highest BCUT2D eigenvalue weighted by Gasteiger charge is 2.10. The summed E-state index contributed by atoms with van der Waals surface area (Å²) in [6, 6.07) is 1.65. The molecule has 0 bridgehead atoms. The molecule has 0 aliphatic rings. The molecule has 0 amide bonds. The first-order valence-corrected chi connectivity index (χ1v) is 3.71. The van der Waals surface area contributed by atoms with Crippen LogP contribution in [0, 0.1) is 0 Å². The van der Waals surface area contributed by atoms with Gasteiger partial charge in [0.05, 0.1) is 0 Å². The molecule has 0 radical (unpaired) electrons. The summed E-state index contributed by atoms with van der Waals surface area (Å²) in [5.41, 5.74) is 0.671. The number of rotatable bonds is 4. The van der Waals surface area contributed by atoms with Crippen molar-refractivity contribution in [2.75, 3.05) is 0 Å². The lowest BCUT2D eigenvalue weighted by Crippen LogP contribution is -2.13. The Balaban J connectivity index is 2.44. The third-order valence-electron chi connectivity index (χ3n) is 1.49. The number of hydrogen-bond donors (Lipinski definition) is 1. The standard InChI is InChI=1S/C8H8N2O3/c11-7(8(12)13)2-1-6-3-4-9-5-10-6/h3-5H,1-2H2,(H,12,13). The number of carboxylic acid groups (broad SMARTS) is 1. The van der Waals surface area contributed by atoms with Crippen LogP contribution in [0.3, 0.4) is 0 Å². The number of ketones is 1. The van der Waals surface area contributed by atoms with E-state index in [1.165, 1.54) is 6.33 Å². The third kappa shape index (κ3) is 2.98. The van der Waals surface area contributed by atoms with Crippen molar-refractivity contribution < 1.29 is 14.7 Å². The van der Waals surface area contributed by atoms with Crippen molar-refractivity contribution in [3.05, 3.63) is 24.3 Å². The Hall–Kier alpha value is -1.78. The van der Waals surface area contributed by atoms with Crippen molar-refractivity contribution in [1.29, 1.82) is 0 Å². The molecule has 0 saturated heterocycles. The van der Waals surface area contributed by atoms with Crippen LogP contribution in [0.25, 0.3) is 0 Å². The van der Waals surface area contributed by atoms with Crippen molar-refractivity contribution in [1.82, 2.24) is 9.97 Å². The fraction of sp³-hybridized carbons (Fsp3) is 0.250. The highest BCUT2D eigenvalue weighted by atomic mass is 16.4. The molecular weight excluding hydrogens is 172 g/mol. The maximum absolute atomic E-state index is 10.7. The van der Waals surface area contributed by atoms with Gasteiger partial charge in [0.1, 0.15) is 6.33 Å². The second-order valence-corrected chi connectivity index (χ2v) is 2.43. The van der Waals surface area contributed by atoms with E-state index in [2.05, 4.69) is 9.97 Å². The van der Waals surface area contributed by atoms with E-state index < -0.39 is 11.8 Å². The van der Waals surface area contributed by atoms with E-state index in [4.69, 9.17) is 5.11 Å². The summed E-state index contributed by atoms with van der Waals surface area (Å²) >= 11 is 0. The number of hydrogen-bond acceptors (Lipinski definition) is 4. The van der Waals surface area contributed by atoms with E-state index in [1.54, 1.807) is 12.3 Å². The molecule has 5 heteroatoms. The summed E-state index contributed by atoms with van der Waals surface area (Å²) in [6.45, 7) is 0. The van der Waals surface area contributed by atoms with E-state index in [-0.39, 0.29) is 6.42 Å². The number of aliphatic carboxylic acids is 1. The summed E-state index contributed by atoms with van der Waals surface area (Å²) in [5, 5.41) is 8.28. The molecular formula is C8H8N2O3. The Labute approximate surface area is 74.4 Å². The van der Waals surface area contributed by atoms with E-state index >= 15 is 0 Å². The van der Waals surface area contributed by atoms with Crippen LogP contribution in [0.5, 0.6) is 0 Å². The lowest BCUT2D eigenvalue weighted by Gasteiger charge is -1.95. The summed E-state index contributed by atoms with van der Waals surface area (Å²) < 4.78 is 0. The minimum absolute atomic E-state index is 0.0215. The Morgan fingerprint density at radius 2 is 2.23 bits per heavy atom. The zero-order valence-corrected chi connectivity index (χ0v) is 6.80. The van der Waals surface area contributed by atoms with Crippen LogP contribution in [-0.2, 0) is 16.0 Å². The Morgan fingerprint density at radius 1 is 1.46 bits per heavy atom. The van der Waals surface area contributed by atoms with Crippen LogP contribution in [-0.4, -0.2) is 26.8 Å². The van der Waals surface area contributed by atoms with Crippen LogP contribution >= 0.6 is 0 Å². The van der Waals surface area contributed by atoms with Crippen LogP contribution in [0.1, 0.15) is 12.1 Å². The topological polar surface area (TPSA) is 80.1 Å². The smallest absolute Gasteiger partial charge is 0.372 e. The van der Waals surface area contributed by atoms with Gasteiger partial charge in [0, 0.05) is 18.3 Å². The molecule has 1 N–H and O–H groups in total. The maximum Gasteiger partial charge on any atom is 0.372 e. The molecule has 0 aliphatic carbocycles. The summed E-state index contributed by atoms with van der Waals surface area (Å²) in [5.74, 6) is -2.19. The average molecular weight is 180 g/mol. The normalized spacial score (nSPS) is 9.54. The average Bonchev–Trinajstić information content (AvgIpc) is 2.15. The number of Topliss-reactive ketones (excluding diaryl/α,β-unsaturated/α-hetero) is 1. The number of carbonyl (C=O) groups is 2. The second kappa shape index (κ2) is 4.30. The molecule has 13 heavy (non-hydrogen) atoms. The van der Waals surface area contributed by atoms with Gasteiger partial charge in [-0.25, -0.2) is 14.8 Å². The maximum atomic E-state index is 10.7. The van der Waals surface area contributed by atoms with Crippen LogP contribution in [0.15, 0.2) is 18.6 Å². The monoisotopic (exact) mass is 180 g/mol. The number of nitrogens with zero attached hydrogens (tertiary/aromatic N) is 2. The van der Waals surface area contributed by atoms with E-state index in [1.807, 2.05) is 0 Å². The Morgan fingerprint density at radius 3 is 2.77 bits per heavy atom. The SMILES string of the molecule is O=C(O)C(=O)CCc1ccncn1. The molecule has 1 heterocycles. The van der Waals surface area contributed by atoms with Gasteiger partial charge in [0.2, 0.25) is 5.78 Å². The molecule has 0 unspecified atom stereocenters. The second-order valence-electron chi connectivity index (χ2n) is 2.43. The first kappa shape index (κ1) is 9.31. The zero-order valence-electron chi connectivity index (χ0n) is 6.80. The highest BCUT2D eigenvalue weighted by Crippen LogP contribution is 1.97. The first-order valence-electron chi connectivity index (χ1n) is 3.71. The molecule has 0 spiro atoms. The van der Waals surface area contributed by atoms with Gasteiger partial charge in [-0.3, -0.25) is 4.79 Å². The van der Waals surface area contributed by atoms with Gasteiger partial charge < -0.3 is 5.11 Å². The molecule has 1 rings (SSSR count). The van der Waals surface area contributed by atoms with Gasteiger partial charge in [-0.2, -0.15) is 0 Å². The zero-order chi connectivity index (χ0) is 9.68. The predicted octanol–water partition coefficient (Wildman–Crippen LogP) is 0.0629. The van der Waals surface area contributed by atoms with E-state index in [9.17, 15) is 9.59 Å². The van der Waals surface area contributed by atoms with Gasteiger partial charge in [-0.1, -0.05) is 0 Å². The van der Waals surface area contributed by atoms with Crippen molar-refractivity contribution in [3.8, 4) is 0 Å². The third-order valence-corrected chi connectivity index (χ3v) is 1.49. The predicted molar refractivity (Wildman–Crippen MR) is 43.0 cm³/mol. The van der Waals surface area contributed by atoms with Crippen molar-refractivity contribution >= 4 is 11.8 Å². The molecule has 0 saturated carbocycles. The lowest BCUT2D eigenvalue weighted by molar-refractivity contribution is -0.149. The molecule has 0 atom stereocenters. The van der Waals surface area contributed by atoms with Gasteiger partial charge >= 0.3 is 5.97 Å². The number of aromatic nitrogens is 2. The number of carboxylic acids is 1. The molecule has 0 aromatic carbocycles. The van der Waals surface area contributed by atoms with Crippen molar-refractivity contribution in [2.24, 2.45) is 0 Å². The minimum atomic E-state index is -1.39. The fourth-order valence-electron chi connectivity index (χ4n) is 0.815. The Bertz CT molecular complexity index is 310. The van der Waals surface area contributed by atoms with Crippen LogP contribution < -0.4 is 0 Å². The van der Waals surface area contributed by atoms with E-state index in [0.29, 0.717) is 12.1 Å².